The number of benzene rings is 2. The van der Waals surface area contributed by atoms with E-state index in [4.69, 9.17) is 17.0 Å². The minimum atomic E-state index is -0.0723. The fourth-order valence-electron chi connectivity index (χ4n) is 4.62. The van der Waals surface area contributed by atoms with Gasteiger partial charge in [-0.05, 0) is 80.3 Å². The highest BCUT2D eigenvalue weighted by atomic mass is 32.1. The average molecular weight is 465 g/mol. The van der Waals surface area contributed by atoms with Crippen molar-refractivity contribution >= 4 is 33.9 Å². The summed E-state index contributed by atoms with van der Waals surface area (Å²) in [6.07, 6.45) is 2.32. The van der Waals surface area contributed by atoms with Crippen LogP contribution in [0.4, 0.5) is 5.69 Å². The van der Waals surface area contributed by atoms with Gasteiger partial charge in [0.25, 0.3) is 5.56 Å². The fourth-order valence-corrected chi connectivity index (χ4v) is 4.87. The predicted octanol–water partition coefficient (Wildman–Crippen LogP) is 4.53. The van der Waals surface area contributed by atoms with Crippen LogP contribution >= 0.6 is 12.2 Å². The Bertz CT molecular complexity index is 1190. The van der Waals surface area contributed by atoms with Crippen LogP contribution in [0.2, 0.25) is 0 Å². The van der Waals surface area contributed by atoms with Crippen LogP contribution in [0.3, 0.4) is 0 Å². The van der Waals surface area contributed by atoms with E-state index in [2.05, 4.69) is 39.2 Å². The van der Waals surface area contributed by atoms with Gasteiger partial charge in [-0.1, -0.05) is 31.2 Å². The van der Waals surface area contributed by atoms with Gasteiger partial charge in [0.15, 0.2) is 5.11 Å². The first-order valence-corrected chi connectivity index (χ1v) is 11.9. The van der Waals surface area contributed by atoms with Gasteiger partial charge in [-0.15, -0.1) is 0 Å². The van der Waals surface area contributed by atoms with Crippen molar-refractivity contribution in [1.82, 2.24) is 14.8 Å². The molecule has 2 N–H and O–H groups in total. The van der Waals surface area contributed by atoms with Crippen molar-refractivity contribution in [2.24, 2.45) is 0 Å². The molecule has 1 fully saturated rings. The number of pyridine rings is 1. The number of hydrogen-bond acceptors (Lipinski definition) is 4. The van der Waals surface area contributed by atoms with E-state index in [0.29, 0.717) is 23.3 Å². The number of H-pyrrole nitrogens is 1. The normalized spacial score (nSPS) is 16.2. The number of para-hydroxylation sites is 2. The number of methoxy groups -OCH3 is 1. The Kier molecular flexibility index (Phi) is 7.30. The van der Waals surface area contributed by atoms with E-state index < -0.39 is 0 Å². The summed E-state index contributed by atoms with van der Waals surface area (Å²) in [7, 11) is 1.65. The number of likely N-dealkylation sites (N-methyl/N-ethyl adjacent to an activating group) is 1. The van der Waals surface area contributed by atoms with Gasteiger partial charge in [0.1, 0.15) is 5.75 Å². The molecular formula is C26H32N4O2S. The molecule has 2 heterocycles. The van der Waals surface area contributed by atoms with Crippen LogP contribution in [-0.2, 0) is 6.54 Å². The number of likely N-dealkylation sites (tertiary alicyclic amines) is 1. The van der Waals surface area contributed by atoms with Crippen molar-refractivity contribution in [1.29, 1.82) is 0 Å². The van der Waals surface area contributed by atoms with Crippen molar-refractivity contribution in [3.05, 3.63) is 70.0 Å². The summed E-state index contributed by atoms with van der Waals surface area (Å²) in [6.45, 7) is 7.55. The Labute approximate surface area is 200 Å². The molecule has 6 nitrogen and oxygen atoms in total. The molecule has 0 spiro atoms. The number of aromatic amines is 1. The van der Waals surface area contributed by atoms with Crippen LogP contribution in [0.25, 0.3) is 10.9 Å². The van der Waals surface area contributed by atoms with Gasteiger partial charge in [-0.3, -0.25) is 9.69 Å². The highest BCUT2D eigenvalue weighted by molar-refractivity contribution is 7.80. The lowest BCUT2D eigenvalue weighted by molar-refractivity contribution is 0.221. The van der Waals surface area contributed by atoms with Gasteiger partial charge < -0.3 is 19.9 Å². The number of aromatic nitrogens is 1. The van der Waals surface area contributed by atoms with Crippen molar-refractivity contribution in [2.45, 2.75) is 39.3 Å². The largest absolute Gasteiger partial charge is 0.495 e. The third-order valence-electron chi connectivity index (χ3n) is 6.41. The lowest BCUT2D eigenvalue weighted by Gasteiger charge is -2.32. The topological polar surface area (TPSA) is 60.6 Å². The minimum absolute atomic E-state index is 0.0723. The third kappa shape index (κ3) is 5.37. The molecule has 33 heavy (non-hydrogen) atoms. The molecule has 174 valence electrons. The first-order chi connectivity index (χ1) is 16.0. The maximum atomic E-state index is 12.9. The first kappa shape index (κ1) is 23.3. The zero-order chi connectivity index (χ0) is 23.4. The van der Waals surface area contributed by atoms with Crippen molar-refractivity contribution in [3.63, 3.8) is 0 Å². The lowest BCUT2D eigenvalue weighted by Crippen LogP contribution is -2.44. The standard InChI is InChI=1S/C26H32N4O2S/c1-4-29-13-7-8-21(29)17-30(26(33)28-22-9-5-6-10-24(22)32-3)16-20-15-19-12-11-18(2)14-23(19)27-25(20)31/h5-6,9-12,14-15,21H,4,7-8,13,16-17H2,1-3H3,(H,27,31)(H,28,33)/t21-/m1/s1. The third-order valence-corrected chi connectivity index (χ3v) is 6.77. The second-order valence-electron chi connectivity index (χ2n) is 8.65. The molecule has 2 aromatic carbocycles. The van der Waals surface area contributed by atoms with Gasteiger partial charge in [-0.2, -0.15) is 0 Å². The van der Waals surface area contributed by atoms with Crippen LogP contribution in [0, 0.1) is 6.92 Å². The Balaban J connectivity index is 1.63. The molecular weight excluding hydrogens is 432 g/mol. The van der Waals surface area contributed by atoms with Gasteiger partial charge >= 0.3 is 0 Å². The number of nitrogens with zero attached hydrogens (tertiary/aromatic N) is 2. The SMILES string of the molecule is CCN1CCC[C@@H]1CN(Cc1cc2ccc(C)cc2[nH]c1=O)C(=S)Nc1ccccc1OC. The van der Waals surface area contributed by atoms with E-state index in [0.717, 1.165) is 54.0 Å². The monoisotopic (exact) mass is 464 g/mol. The van der Waals surface area contributed by atoms with Gasteiger partial charge in [0.05, 0.1) is 19.3 Å². The van der Waals surface area contributed by atoms with Gasteiger partial charge in [0, 0.05) is 23.7 Å². The fraction of sp³-hybridized carbons (Fsp3) is 0.385. The molecule has 0 radical (unpaired) electrons. The Hall–Kier alpha value is -2.90. The summed E-state index contributed by atoms with van der Waals surface area (Å²) < 4.78 is 5.49. The number of rotatable bonds is 7. The number of ether oxygens (including phenoxy) is 1. The van der Waals surface area contributed by atoms with Crippen LogP contribution in [0.1, 0.15) is 30.9 Å². The van der Waals surface area contributed by atoms with Crippen molar-refractivity contribution in [3.8, 4) is 5.75 Å². The quantitative estimate of drug-likeness (QED) is 0.501. The highest BCUT2D eigenvalue weighted by Crippen LogP contribution is 2.25. The summed E-state index contributed by atoms with van der Waals surface area (Å²) in [6, 6.07) is 16.2. The molecule has 1 atom stereocenters. The number of fused-ring (bicyclic) bond motifs is 1. The zero-order valence-corrected chi connectivity index (χ0v) is 20.4. The second kappa shape index (κ2) is 10.4. The van der Waals surface area contributed by atoms with Crippen LogP contribution in [-0.4, -0.2) is 52.7 Å². The molecule has 1 aliphatic rings. The summed E-state index contributed by atoms with van der Waals surface area (Å²) in [5.74, 6) is 0.731. The van der Waals surface area contributed by atoms with Gasteiger partial charge in [0.2, 0.25) is 0 Å². The smallest absolute Gasteiger partial charge is 0.253 e. The number of nitrogens with one attached hydrogen (secondary N) is 2. The molecule has 7 heteroatoms. The van der Waals surface area contributed by atoms with E-state index in [1.54, 1.807) is 7.11 Å². The number of thiocarbonyl (C=S) groups is 1. The summed E-state index contributed by atoms with van der Waals surface area (Å²) in [4.78, 5) is 20.6. The van der Waals surface area contributed by atoms with Gasteiger partial charge in [-0.25, -0.2) is 0 Å². The molecule has 0 saturated carbocycles. The van der Waals surface area contributed by atoms with Crippen LogP contribution in [0.15, 0.2) is 53.3 Å². The molecule has 1 aliphatic heterocycles. The van der Waals surface area contributed by atoms with Crippen molar-refractivity contribution in [2.75, 3.05) is 32.1 Å². The molecule has 1 aromatic heterocycles. The predicted molar refractivity (Wildman–Crippen MR) is 139 cm³/mol. The van der Waals surface area contributed by atoms with E-state index in [-0.39, 0.29) is 5.56 Å². The summed E-state index contributed by atoms with van der Waals surface area (Å²) in [5.41, 5.74) is 3.43. The van der Waals surface area contributed by atoms with E-state index >= 15 is 0 Å². The molecule has 0 bridgehead atoms. The summed E-state index contributed by atoms with van der Waals surface area (Å²) in [5, 5.41) is 4.97. The maximum absolute atomic E-state index is 12.9. The van der Waals surface area contributed by atoms with Crippen LogP contribution in [0.5, 0.6) is 5.75 Å². The first-order valence-electron chi connectivity index (χ1n) is 11.5. The number of hydrogen-bond donors (Lipinski definition) is 2. The number of aryl methyl sites for hydroxylation is 1. The molecule has 0 amide bonds. The lowest BCUT2D eigenvalue weighted by atomic mass is 10.1. The zero-order valence-electron chi connectivity index (χ0n) is 19.6. The van der Waals surface area contributed by atoms with Crippen LogP contribution < -0.4 is 15.6 Å². The highest BCUT2D eigenvalue weighted by Gasteiger charge is 2.27. The molecule has 4 rings (SSSR count). The Morgan fingerprint density at radius 3 is 2.88 bits per heavy atom. The van der Waals surface area contributed by atoms with E-state index in [1.165, 1.54) is 6.42 Å². The molecule has 3 aromatic rings. The molecule has 1 saturated heterocycles. The Morgan fingerprint density at radius 2 is 2.09 bits per heavy atom. The molecule has 0 unspecified atom stereocenters. The summed E-state index contributed by atoms with van der Waals surface area (Å²) >= 11 is 5.86. The second-order valence-corrected chi connectivity index (χ2v) is 9.04. The van der Waals surface area contributed by atoms with E-state index in [1.807, 2.05) is 43.3 Å². The number of anilines is 1. The maximum Gasteiger partial charge on any atom is 0.253 e. The Morgan fingerprint density at radius 1 is 1.27 bits per heavy atom. The van der Waals surface area contributed by atoms with E-state index in [9.17, 15) is 4.79 Å². The molecule has 0 aliphatic carbocycles. The average Bonchev–Trinajstić information content (AvgIpc) is 3.26. The van der Waals surface area contributed by atoms with Crippen molar-refractivity contribution < 1.29 is 4.74 Å². The minimum Gasteiger partial charge on any atom is -0.495 e.